The lowest BCUT2D eigenvalue weighted by Crippen LogP contribution is -1.85. The number of rotatable bonds is 2. The first-order valence-electron chi connectivity index (χ1n) is 4.17. The van der Waals surface area contributed by atoms with Gasteiger partial charge in [0.2, 0.25) is 0 Å². The zero-order valence-corrected chi connectivity index (χ0v) is 7.39. The molecule has 0 fully saturated rings. The molecule has 0 radical (unpaired) electrons. The molecule has 0 atom stereocenters. The molecule has 72 valence electrons. The third kappa shape index (κ3) is 1.59. The van der Waals surface area contributed by atoms with E-state index in [0.717, 1.165) is 5.56 Å². The van der Waals surface area contributed by atoms with Gasteiger partial charge in [-0.2, -0.15) is 0 Å². The Balaban J connectivity index is 2.34. The lowest BCUT2D eigenvalue weighted by Gasteiger charge is -1.96. The molecular formula is C10H9FN2O. The number of aromatic hydroxyl groups is 1. The molecule has 4 heteroatoms. The van der Waals surface area contributed by atoms with Gasteiger partial charge in [-0.3, -0.25) is 0 Å². The van der Waals surface area contributed by atoms with Gasteiger partial charge in [0, 0.05) is 11.8 Å². The molecule has 2 rings (SSSR count). The molecule has 0 aliphatic heterocycles. The summed E-state index contributed by atoms with van der Waals surface area (Å²) in [4.78, 5) is 4.03. The van der Waals surface area contributed by atoms with Crippen molar-refractivity contribution in [2.45, 2.75) is 6.80 Å². The minimum Gasteiger partial charge on any atom is -0.508 e. The first-order chi connectivity index (χ1) is 6.79. The predicted octanol–water partition coefficient (Wildman–Crippen LogP) is 2.18. The summed E-state index contributed by atoms with van der Waals surface area (Å²) in [7, 11) is 0. The normalized spacial score (nSPS) is 10.4. The fourth-order valence-corrected chi connectivity index (χ4v) is 1.21. The van der Waals surface area contributed by atoms with Crippen LogP contribution in [0, 0.1) is 0 Å². The Kier molecular flexibility index (Phi) is 2.18. The van der Waals surface area contributed by atoms with Crippen molar-refractivity contribution in [2.24, 2.45) is 0 Å². The number of nitrogens with zero attached hydrogens (tertiary/aromatic N) is 2. The van der Waals surface area contributed by atoms with Gasteiger partial charge < -0.3 is 9.67 Å². The molecule has 14 heavy (non-hydrogen) atoms. The van der Waals surface area contributed by atoms with Crippen molar-refractivity contribution in [1.82, 2.24) is 9.55 Å². The molecule has 0 aliphatic rings. The molecule has 0 spiro atoms. The molecule has 0 bridgehead atoms. The van der Waals surface area contributed by atoms with E-state index in [1.807, 2.05) is 0 Å². The van der Waals surface area contributed by atoms with Gasteiger partial charge in [-0.1, -0.05) is 0 Å². The van der Waals surface area contributed by atoms with Crippen LogP contribution < -0.4 is 0 Å². The Hall–Kier alpha value is -1.84. The lowest BCUT2D eigenvalue weighted by atomic mass is 10.2. The second-order valence-corrected chi connectivity index (χ2v) is 2.94. The first kappa shape index (κ1) is 8.74. The maximum Gasteiger partial charge on any atom is 0.166 e. The molecule has 2 aromatic rings. The summed E-state index contributed by atoms with van der Waals surface area (Å²) >= 11 is 0. The number of imidazole rings is 1. The Morgan fingerprint density at radius 1 is 1.29 bits per heavy atom. The van der Waals surface area contributed by atoms with Crippen LogP contribution in [0.1, 0.15) is 0 Å². The summed E-state index contributed by atoms with van der Waals surface area (Å²) in [5.41, 5.74) is 1.55. The van der Waals surface area contributed by atoms with E-state index in [1.54, 1.807) is 30.5 Å². The molecule has 1 heterocycles. The van der Waals surface area contributed by atoms with Gasteiger partial charge >= 0.3 is 0 Å². The Bertz CT molecular complexity index is 422. The standard InChI is InChI=1S/C10H9FN2O/c11-6-13-5-10(12-7-13)8-1-3-9(14)4-2-8/h1-5,7,14H,6H2. The van der Waals surface area contributed by atoms with Gasteiger partial charge in [-0.05, 0) is 24.3 Å². The minimum absolute atomic E-state index is 0.207. The molecule has 0 aliphatic carbocycles. The van der Waals surface area contributed by atoms with Crippen molar-refractivity contribution < 1.29 is 9.50 Å². The van der Waals surface area contributed by atoms with Crippen LogP contribution in [0.15, 0.2) is 36.8 Å². The topological polar surface area (TPSA) is 38.0 Å². The number of hydrogen-bond acceptors (Lipinski definition) is 2. The van der Waals surface area contributed by atoms with E-state index in [0.29, 0.717) is 5.69 Å². The van der Waals surface area contributed by atoms with E-state index in [9.17, 15) is 4.39 Å². The predicted molar refractivity (Wildman–Crippen MR) is 50.4 cm³/mol. The monoisotopic (exact) mass is 192 g/mol. The summed E-state index contributed by atoms with van der Waals surface area (Å²) in [6.45, 7) is -0.578. The van der Waals surface area contributed by atoms with Crippen molar-refractivity contribution >= 4 is 0 Å². The second-order valence-electron chi connectivity index (χ2n) is 2.94. The quantitative estimate of drug-likeness (QED) is 0.791. The summed E-state index contributed by atoms with van der Waals surface area (Å²) in [5, 5.41) is 9.07. The van der Waals surface area contributed by atoms with Crippen LogP contribution in [-0.4, -0.2) is 14.7 Å². The zero-order chi connectivity index (χ0) is 9.97. The van der Waals surface area contributed by atoms with Crippen molar-refractivity contribution in [3.05, 3.63) is 36.8 Å². The van der Waals surface area contributed by atoms with Gasteiger partial charge in [0.1, 0.15) is 5.75 Å². The first-order valence-corrected chi connectivity index (χ1v) is 4.17. The molecule has 1 aromatic carbocycles. The summed E-state index contributed by atoms with van der Waals surface area (Å²) in [6, 6.07) is 6.62. The highest BCUT2D eigenvalue weighted by Gasteiger charge is 2.01. The van der Waals surface area contributed by atoms with Crippen molar-refractivity contribution in [3.8, 4) is 17.0 Å². The summed E-state index contributed by atoms with van der Waals surface area (Å²) in [5.74, 6) is 0.207. The second kappa shape index (κ2) is 3.49. The molecule has 0 unspecified atom stereocenters. The molecule has 0 saturated carbocycles. The molecular weight excluding hydrogens is 183 g/mol. The van der Waals surface area contributed by atoms with E-state index in [1.165, 1.54) is 10.9 Å². The Morgan fingerprint density at radius 2 is 2.00 bits per heavy atom. The maximum absolute atomic E-state index is 12.2. The average Bonchev–Trinajstić information content (AvgIpc) is 2.67. The highest BCUT2D eigenvalue weighted by molar-refractivity contribution is 5.59. The number of benzene rings is 1. The van der Waals surface area contributed by atoms with Crippen LogP contribution in [0.3, 0.4) is 0 Å². The van der Waals surface area contributed by atoms with Crippen molar-refractivity contribution in [2.75, 3.05) is 0 Å². The maximum atomic E-state index is 12.2. The SMILES string of the molecule is Oc1ccc(-c2cn(CF)cn2)cc1. The third-order valence-corrected chi connectivity index (χ3v) is 1.93. The number of phenolic OH excluding ortho intramolecular Hbond substituents is 1. The van der Waals surface area contributed by atoms with Crippen LogP contribution in [0.2, 0.25) is 0 Å². The minimum atomic E-state index is -0.578. The number of aromatic nitrogens is 2. The lowest BCUT2D eigenvalue weighted by molar-refractivity contribution is 0.377. The van der Waals surface area contributed by atoms with Gasteiger partial charge in [0.25, 0.3) is 0 Å². The zero-order valence-electron chi connectivity index (χ0n) is 7.39. The van der Waals surface area contributed by atoms with Crippen LogP contribution in [0.4, 0.5) is 4.39 Å². The van der Waals surface area contributed by atoms with Gasteiger partial charge in [-0.25, -0.2) is 9.37 Å². The third-order valence-electron chi connectivity index (χ3n) is 1.93. The van der Waals surface area contributed by atoms with Crippen LogP contribution in [-0.2, 0) is 6.80 Å². The Morgan fingerprint density at radius 3 is 2.57 bits per heavy atom. The summed E-state index contributed by atoms with van der Waals surface area (Å²) in [6.07, 6.45) is 3.05. The number of alkyl halides is 1. The van der Waals surface area contributed by atoms with E-state index >= 15 is 0 Å². The van der Waals surface area contributed by atoms with Crippen molar-refractivity contribution in [1.29, 1.82) is 0 Å². The van der Waals surface area contributed by atoms with E-state index < -0.39 is 6.80 Å². The number of halogens is 1. The largest absolute Gasteiger partial charge is 0.508 e. The molecule has 0 amide bonds. The van der Waals surface area contributed by atoms with Gasteiger partial charge in [0.05, 0.1) is 12.0 Å². The van der Waals surface area contributed by atoms with Crippen LogP contribution >= 0.6 is 0 Å². The van der Waals surface area contributed by atoms with Gasteiger partial charge in [-0.15, -0.1) is 0 Å². The average molecular weight is 192 g/mol. The highest BCUT2D eigenvalue weighted by atomic mass is 19.1. The van der Waals surface area contributed by atoms with Crippen molar-refractivity contribution in [3.63, 3.8) is 0 Å². The molecule has 3 nitrogen and oxygen atoms in total. The highest BCUT2D eigenvalue weighted by Crippen LogP contribution is 2.19. The van der Waals surface area contributed by atoms with E-state index in [2.05, 4.69) is 4.98 Å². The van der Waals surface area contributed by atoms with Crippen LogP contribution in [0.25, 0.3) is 11.3 Å². The number of phenols is 1. The summed E-state index contributed by atoms with van der Waals surface area (Å²) < 4.78 is 13.6. The van der Waals surface area contributed by atoms with E-state index in [-0.39, 0.29) is 5.75 Å². The Labute approximate surface area is 80.5 Å². The molecule has 1 aromatic heterocycles. The van der Waals surface area contributed by atoms with E-state index in [4.69, 9.17) is 5.11 Å². The fourth-order valence-electron chi connectivity index (χ4n) is 1.21. The number of hydrogen-bond donors (Lipinski definition) is 1. The fraction of sp³-hybridized carbons (Fsp3) is 0.100. The smallest absolute Gasteiger partial charge is 0.166 e. The van der Waals surface area contributed by atoms with Crippen LogP contribution in [0.5, 0.6) is 5.75 Å². The molecule has 1 N–H and O–H groups in total. The van der Waals surface area contributed by atoms with Gasteiger partial charge in [0.15, 0.2) is 6.80 Å². The molecule has 0 saturated heterocycles.